The van der Waals surface area contributed by atoms with Crippen LogP contribution in [0.25, 0.3) is 0 Å². The van der Waals surface area contributed by atoms with Crippen molar-refractivity contribution in [3.8, 4) is 0 Å². The molecule has 5 atom stereocenters. The molecule has 1 aliphatic carbocycles. The molecular weight excluding hydrogens is 577 g/mol. The molecule has 0 bridgehead atoms. The van der Waals surface area contributed by atoms with Gasteiger partial charge in [-0.15, -0.1) is 0 Å². The summed E-state index contributed by atoms with van der Waals surface area (Å²) in [6.07, 6.45) is 18.8. The van der Waals surface area contributed by atoms with Crippen LogP contribution in [0.4, 0.5) is 0 Å². The van der Waals surface area contributed by atoms with Crippen molar-refractivity contribution in [1.29, 1.82) is 0 Å². The van der Waals surface area contributed by atoms with Crippen molar-refractivity contribution < 1.29 is 22.5 Å². The molecule has 5 nitrogen and oxygen atoms in total. The normalized spacial score (nSPS) is 23.5. The molecule has 0 saturated heterocycles. The topological polar surface area (TPSA) is 54.0 Å². The Hall–Kier alpha value is -0.302. The summed E-state index contributed by atoms with van der Waals surface area (Å²) in [6, 6.07) is 0. The van der Waals surface area contributed by atoms with Crippen LogP contribution < -0.4 is 0 Å². The van der Waals surface area contributed by atoms with Crippen LogP contribution in [0.5, 0.6) is 0 Å². The molecule has 5 unspecified atom stereocenters. The predicted octanol–water partition coefficient (Wildman–Crippen LogP) is 9.91. The van der Waals surface area contributed by atoms with Crippen molar-refractivity contribution in [1.82, 2.24) is 0 Å². The van der Waals surface area contributed by atoms with Crippen LogP contribution in [-0.4, -0.2) is 57.6 Å². The maximum absolute atomic E-state index is 12.1. The van der Waals surface area contributed by atoms with Gasteiger partial charge in [0, 0.05) is 12.3 Å². The van der Waals surface area contributed by atoms with Crippen LogP contribution in [0.3, 0.4) is 0 Å². The smallest absolute Gasteiger partial charge is 0.292 e. The zero-order chi connectivity index (χ0) is 31.5. The molecule has 1 saturated carbocycles. The number of carbonyl (C=O) groups excluding carboxylic acids is 1. The SMILES string of the molecule is CCCCCC(/C=C/C1C(O[Si](C)(C)C)CC(O[Si](C)(C)C)C1C/C=C/CCCC(=O)O[Si](C)(C)C)O[Si](C)(C)C. The molecule has 1 fully saturated rings. The molecular formula is C32H66O5Si4. The minimum atomic E-state index is -1.81. The number of carbonyl (C=O) groups is 1. The molecule has 9 heteroatoms. The second kappa shape index (κ2) is 17.3. The molecule has 0 aromatic rings. The van der Waals surface area contributed by atoms with Crippen LogP contribution in [0.2, 0.25) is 78.6 Å². The van der Waals surface area contributed by atoms with Gasteiger partial charge in [-0.1, -0.05) is 50.5 Å². The molecule has 0 radical (unpaired) electrons. The zero-order valence-corrected chi connectivity index (χ0v) is 33.1. The van der Waals surface area contributed by atoms with Gasteiger partial charge in [0.05, 0.1) is 18.3 Å². The van der Waals surface area contributed by atoms with E-state index in [2.05, 4.69) is 110 Å². The minimum absolute atomic E-state index is 0.0532. The molecule has 41 heavy (non-hydrogen) atoms. The Labute approximate surface area is 258 Å². The molecule has 0 heterocycles. The first kappa shape index (κ1) is 38.7. The molecule has 0 N–H and O–H groups in total. The molecule has 1 rings (SSSR count). The third-order valence-corrected chi connectivity index (χ3v) is 10.6. The Morgan fingerprint density at radius 1 is 0.780 bits per heavy atom. The van der Waals surface area contributed by atoms with Crippen molar-refractivity contribution in [2.75, 3.05) is 0 Å². The molecule has 0 aliphatic heterocycles. The lowest BCUT2D eigenvalue weighted by molar-refractivity contribution is -0.135. The second-order valence-electron chi connectivity index (χ2n) is 15.8. The van der Waals surface area contributed by atoms with Gasteiger partial charge in [-0.05, 0) is 117 Å². The summed E-state index contributed by atoms with van der Waals surface area (Å²) in [5.41, 5.74) is 0. The van der Waals surface area contributed by atoms with E-state index in [4.69, 9.17) is 17.7 Å². The highest BCUT2D eigenvalue weighted by Crippen LogP contribution is 2.42. The fraction of sp³-hybridized carbons (Fsp3) is 0.844. The van der Waals surface area contributed by atoms with Crippen molar-refractivity contribution in [3.63, 3.8) is 0 Å². The van der Waals surface area contributed by atoms with Crippen LogP contribution in [-0.2, 0) is 22.5 Å². The lowest BCUT2D eigenvalue weighted by Crippen LogP contribution is -2.35. The summed E-state index contributed by atoms with van der Waals surface area (Å²) in [6.45, 7) is 29.1. The summed E-state index contributed by atoms with van der Waals surface area (Å²) in [5.74, 6) is 0.622. The molecule has 1 aliphatic rings. The molecule has 0 amide bonds. The van der Waals surface area contributed by atoms with Crippen molar-refractivity contribution in [3.05, 3.63) is 24.3 Å². The molecule has 240 valence electrons. The van der Waals surface area contributed by atoms with Gasteiger partial charge in [-0.2, -0.15) is 0 Å². The van der Waals surface area contributed by atoms with Gasteiger partial charge >= 0.3 is 0 Å². The first-order valence-corrected chi connectivity index (χ1v) is 29.9. The quantitative estimate of drug-likeness (QED) is 0.0797. The van der Waals surface area contributed by atoms with Crippen LogP contribution >= 0.6 is 0 Å². The van der Waals surface area contributed by atoms with E-state index < -0.39 is 33.3 Å². The number of unbranched alkanes of at least 4 members (excludes halogenated alkanes) is 3. The van der Waals surface area contributed by atoms with Crippen molar-refractivity contribution >= 4 is 39.2 Å². The minimum Gasteiger partial charge on any atom is -0.520 e. The van der Waals surface area contributed by atoms with Crippen LogP contribution in [0.1, 0.15) is 64.7 Å². The van der Waals surface area contributed by atoms with Gasteiger partial charge in [-0.25, -0.2) is 0 Å². The van der Waals surface area contributed by atoms with Crippen LogP contribution in [0, 0.1) is 11.8 Å². The van der Waals surface area contributed by atoms with E-state index in [1.165, 1.54) is 19.3 Å². The number of hydrogen-bond acceptors (Lipinski definition) is 5. The average Bonchev–Trinajstić information content (AvgIpc) is 3.04. The first-order valence-electron chi connectivity index (χ1n) is 16.3. The molecule has 0 spiro atoms. The third kappa shape index (κ3) is 18.9. The summed E-state index contributed by atoms with van der Waals surface area (Å²) in [7, 11) is -6.95. The van der Waals surface area contributed by atoms with E-state index in [-0.39, 0.29) is 24.3 Å². The van der Waals surface area contributed by atoms with E-state index in [0.29, 0.717) is 18.3 Å². The Kier molecular flexibility index (Phi) is 16.3. The largest absolute Gasteiger partial charge is 0.520 e. The Balaban J connectivity index is 3.13. The Morgan fingerprint density at radius 3 is 1.93 bits per heavy atom. The van der Waals surface area contributed by atoms with Gasteiger partial charge in [0.2, 0.25) is 8.32 Å². The lowest BCUT2D eigenvalue weighted by atomic mass is 9.89. The Bertz CT molecular complexity index is 818. The van der Waals surface area contributed by atoms with Crippen LogP contribution in [0.15, 0.2) is 24.3 Å². The van der Waals surface area contributed by atoms with E-state index in [0.717, 1.165) is 32.1 Å². The predicted molar refractivity (Wildman–Crippen MR) is 187 cm³/mol. The summed E-state index contributed by atoms with van der Waals surface area (Å²) < 4.78 is 25.9. The van der Waals surface area contributed by atoms with Gasteiger partial charge in [0.25, 0.3) is 5.97 Å². The standard InChI is InChI=1S/C32H66O5Si4/c1-14-15-18-21-27(34-38(2,3)4)24-25-29-28(22-19-16-17-20-23-32(33)37-41(11,12)13)30(35-39(5,6)7)26-31(29)36-40(8,9)10/h16,19,24-25,27-31H,14-15,17-18,20-23,26H2,1-13H3/b19-16+,25-24+. The highest BCUT2D eigenvalue weighted by atomic mass is 28.4. The van der Waals surface area contributed by atoms with E-state index in [1.807, 2.05) is 0 Å². The molecule has 0 aromatic heterocycles. The van der Waals surface area contributed by atoms with Gasteiger partial charge in [0.1, 0.15) is 0 Å². The van der Waals surface area contributed by atoms with E-state index in [1.54, 1.807) is 0 Å². The second-order valence-corrected chi connectivity index (χ2v) is 33.7. The van der Waals surface area contributed by atoms with Gasteiger partial charge in [0.15, 0.2) is 25.0 Å². The van der Waals surface area contributed by atoms with Crippen molar-refractivity contribution in [2.45, 2.75) is 162 Å². The highest BCUT2D eigenvalue weighted by molar-refractivity contribution is 6.71. The maximum atomic E-state index is 12.1. The monoisotopic (exact) mass is 642 g/mol. The van der Waals surface area contributed by atoms with Gasteiger partial charge < -0.3 is 17.7 Å². The van der Waals surface area contributed by atoms with Crippen molar-refractivity contribution in [2.24, 2.45) is 11.8 Å². The molecule has 0 aromatic carbocycles. The summed E-state index contributed by atoms with van der Waals surface area (Å²) >= 11 is 0. The number of hydrogen-bond donors (Lipinski definition) is 0. The summed E-state index contributed by atoms with van der Waals surface area (Å²) in [4.78, 5) is 12.1. The van der Waals surface area contributed by atoms with E-state index in [9.17, 15) is 4.79 Å². The fourth-order valence-electron chi connectivity index (χ4n) is 5.45. The third-order valence-electron chi connectivity index (χ3n) is 6.77. The Morgan fingerprint density at radius 2 is 1.39 bits per heavy atom. The highest BCUT2D eigenvalue weighted by Gasteiger charge is 2.45. The number of rotatable bonds is 19. The lowest BCUT2D eigenvalue weighted by Gasteiger charge is -2.30. The van der Waals surface area contributed by atoms with E-state index >= 15 is 0 Å². The zero-order valence-electron chi connectivity index (χ0n) is 29.1. The average molecular weight is 643 g/mol. The first-order chi connectivity index (χ1) is 18.7. The maximum Gasteiger partial charge on any atom is 0.292 e. The summed E-state index contributed by atoms with van der Waals surface area (Å²) in [5, 5.41) is 0. The fourth-order valence-corrected chi connectivity index (χ4v) is 9.69. The van der Waals surface area contributed by atoms with Gasteiger partial charge in [-0.3, -0.25) is 4.79 Å². The number of allylic oxidation sites excluding steroid dienone is 2.